The highest BCUT2D eigenvalue weighted by molar-refractivity contribution is 7.99. The number of H-pyrrole nitrogens is 1. The van der Waals surface area contributed by atoms with E-state index >= 15 is 0 Å². The lowest BCUT2D eigenvalue weighted by molar-refractivity contribution is 0.0692. The van der Waals surface area contributed by atoms with Gasteiger partial charge in [0.15, 0.2) is 5.03 Å². The Morgan fingerprint density at radius 3 is 3.00 bits per heavy atom. The first kappa shape index (κ1) is 14.7. The fraction of sp³-hybridized carbons (Fsp3) is 0.333. The molecule has 1 rings (SSSR count). The van der Waals surface area contributed by atoms with Crippen molar-refractivity contribution in [2.45, 2.75) is 5.03 Å². The molecule has 0 aliphatic rings. The van der Waals surface area contributed by atoms with Crippen molar-refractivity contribution in [2.24, 2.45) is 0 Å². The van der Waals surface area contributed by atoms with E-state index in [1.807, 2.05) is 0 Å². The highest BCUT2D eigenvalue weighted by Crippen LogP contribution is 2.11. The molecule has 100 valence electrons. The number of sulfonamides is 1. The van der Waals surface area contributed by atoms with Crippen molar-refractivity contribution in [2.75, 3.05) is 18.1 Å². The van der Waals surface area contributed by atoms with Gasteiger partial charge in [-0.05, 0) is 0 Å². The zero-order chi connectivity index (χ0) is 13.6. The summed E-state index contributed by atoms with van der Waals surface area (Å²) >= 11 is 1.51. The van der Waals surface area contributed by atoms with Crippen molar-refractivity contribution in [1.29, 1.82) is 0 Å². The van der Waals surface area contributed by atoms with Crippen LogP contribution in [0.15, 0.2) is 23.9 Å². The Balaban J connectivity index is 2.66. The van der Waals surface area contributed by atoms with E-state index in [-0.39, 0.29) is 12.1 Å². The number of aromatic nitrogens is 2. The lowest BCUT2D eigenvalue weighted by Gasteiger charge is -2.04. The molecule has 1 aromatic rings. The van der Waals surface area contributed by atoms with Gasteiger partial charge in [0.05, 0.1) is 6.20 Å². The van der Waals surface area contributed by atoms with Crippen molar-refractivity contribution < 1.29 is 18.3 Å². The second-order valence-corrected chi connectivity index (χ2v) is 6.03. The minimum atomic E-state index is -3.87. The van der Waals surface area contributed by atoms with Gasteiger partial charge in [-0.25, -0.2) is 17.9 Å². The first-order valence-electron chi connectivity index (χ1n) is 4.94. The number of hydrogen-bond acceptors (Lipinski definition) is 5. The SMILES string of the molecule is C=CCSCCNS(=O)(=O)c1[nH]ncc1C(=O)O. The molecule has 0 atom stereocenters. The number of nitrogens with one attached hydrogen (secondary N) is 2. The molecule has 1 heterocycles. The van der Waals surface area contributed by atoms with Crippen LogP contribution >= 0.6 is 11.8 Å². The number of thioether (sulfide) groups is 1. The molecule has 3 N–H and O–H groups in total. The molecule has 0 spiro atoms. The predicted molar refractivity (Wildman–Crippen MR) is 68.3 cm³/mol. The third-order valence-corrected chi connectivity index (χ3v) is 4.27. The zero-order valence-corrected chi connectivity index (χ0v) is 11.1. The molecule has 7 nitrogen and oxygen atoms in total. The number of nitrogens with zero attached hydrogens (tertiary/aromatic N) is 1. The van der Waals surface area contributed by atoms with Gasteiger partial charge in [-0.2, -0.15) is 16.9 Å². The minimum absolute atomic E-state index is 0.207. The maximum absolute atomic E-state index is 11.8. The monoisotopic (exact) mass is 291 g/mol. The molecule has 0 fully saturated rings. The van der Waals surface area contributed by atoms with Crippen LogP contribution in [-0.4, -0.2) is 47.7 Å². The average molecular weight is 291 g/mol. The molecule has 0 saturated heterocycles. The number of rotatable bonds is 8. The van der Waals surface area contributed by atoms with Gasteiger partial charge in [0.25, 0.3) is 10.0 Å². The smallest absolute Gasteiger partial charge is 0.340 e. The number of carboxylic acid groups (broad SMARTS) is 1. The molecule has 1 aromatic heterocycles. The largest absolute Gasteiger partial charge is 0.478 e. The van der Waals surface area contributed by atoms with E-state index < -0.39 is 21.0 Å². The van der Waals surface area contributed by atoms with Crippen LogP contribution in [0.1, 0.15) is 10.4 Å². The third-order valence-electron chi connectivity index (χ3n) is 1.88. The summed E-state index contributed by atoms with van der Waals surface area (Å²) in [6.45, 7) is 3.75. The van der Waals surface area contributed by atoms with Crippen LogP contribution in [0, 0.1) is 0 Å². The first-order valence-corrected chi connectivity index (χ1v) is 7.58. The molecule has 0 bridgehead atoms. The van der Waals surface area contributed by atoms with Crippen LogP contribution < -0.4 is 4.72 Å². The minimum Gasteiger partial charge on any atom is -0.478 e. The summed E-state index contributed by atoms with van der Waals surface area (Å²) < 4.78 is 25.9. The summed E-state index contributed by atoms with van der Waals surface area (Å²) in [5.74, 6) is -0.0429. The molecule has 18 heavy (non-hydrogen) atoms. The van der Waals surface area contributed by atoms with E-state index in [0.29, 0.717) is 5.75 Å². The first-order chi connectivity index (χ1) is 8.49. The molecule has 0 aliphatic heterocycles. The highest BCUT2D eigenvalue weighted by Gasteiger charge is 2.24. The van der Waals surface area contributed by atoms with E-state index in [4.69, 9.17) is 5.11 Å². The second kappa shape index (κ2) is 6.57. The molecule has 0 aliphatic carbocycles. The third kappa shape index (κ3) is 3.86. The lowest BCUT2D eigenvalue weighted by Crippen LogP contribution is -2.27. The Hall–Kier alpha value is -1.32. The van der Waals surface area contributed by atoms with Crippen LogP contribution in [-0.2, 0) is 10.0 Å². The summed E-state index contributed by atoms with van der Waals surface area (Å²) in [5, 5.41) is 14.0. The van der Waals surface area contributed by atoms with Gasteiger partial charge in [0.2, 0.25) is 0 Å². The van der Waals surface area contributed by atoms with E-state index in [1.165, 1.54) is 11.8 Å². The molecule has 0 amide bonds. The molecule has 0 unspecified atom stereocenters. The molecule has 0 aromatic carbocycles. The maximum atomic E-state index is 11.8. The van der Waals surface area contributed by atoms with Crippen molar-refractivity contribution in [3.63, 3.8) is 0 Å². The fourth-order valence-corrected chi connectivity index (χ4v) is 2.95. The number of aromatic carboxylic acids is 1. The summed E-state index contributed by atoms with van der Waals surface area (Å²) in [4.78, 5) is 10.8. The number of carbonyl (C=O) groups is 1. The summed E-state index contributed by atoms with van der Waals surface area (Å²) in [5.41, 5.74) is -0.374. The number of carboxylic acids is 1. The van der Waals surface area contributed by atoms with E-state index in [1.54, 1.807) is 6.08 Å². The van der Waals surface area contributed by atoms with Gasteiger partial charge in [0, 0.05) is 18.1 Å². The Morgan fingerprint density at radius 2 is 2.39 bits per heavy atom. The van der Waals surface area contributed by atoms with Gasteiger partial charge in [-0.3, -0.25) is 5.10 Å². The zero-order valence-electron chi connectivity index (χ0n) is 9.42. The maximum Gasteiger partial charge on any atom is 0.340 e. The standard InChI is InChI=1S/C9H13N3O4S2/c1-2-4-17-5-3-11-18(15,16)8-7(9(13)14)6-10-12-8/h2,6,11H,1,3-5H2,(H,10,12)(H,13,14). The van der Waals surface area contributed by atoms with Crippen molar-refractivity contribution in [3.05, 3.63) is 24.4 Å². The summed E-state index contributed by atoms with van der Waals surface area (Å²) in [6.07, 6.45) is 2.68. The van der Waals surface area contributed by atoms with Crippen LogP contribution in [0.25, 0.3) is 0 Å². The van der Waals surface area contributed by atoms with Crippen LogP contribution in [0.4, 0.5) is 0 Å². The van der Waals surface area contributed by atoms with Gasteiger partial charge in [-0.15, -0.1) is 6.58 Å². The average Bonchev–Trinajstić information content (AvgIpc) is 2.78. The predicted octanol–water partition coefficient (Wildman–Crippen LogP) is 0.305. The van der Waals surface area contributed by atoms with Crippen molar-refractivity contribution in [3.8, 4) is 0 Å². The molecule has 0 radical (unpaired) electrons. The Kier molecular flexibility index (Phi) is 5.38. The van der Waals surface area contributed by atoms with E-state index in [2.05, 4.69) is 21.5 Å². The van der Waals surface area contributed by atoms with Gasteiger partial charge in [0.1, 0.15) is 5.56 Å². The van der Waals surface area contributed by atoms with Gasteiger partial charge in [-0.1, -0.05) is 6.08 Å². The van der Waals surface area contributed by atoms with Gasteiger partial charge >= 0.3 is 5.97 Å². The fourth-order valence-electron chi connectivity index (χ4n) is 1.12. The van der Waals surface area contributed by atoms with Crippen molar-refractivity contribution in [1.82, 2.24) is 14.9 Å². The topological polar surface area (TPSA) is 112 Å². The van der Waals surface area contributed by atoms with Crippen LogP contribution in [0.3, 0.4) is 0 Å². The Bertz CT molecular complexity index is 524. The Morgan fingerprint density at radius 1 is 1.67 bits per heavy atom. The lowest BCUT2D eigenvalue weighted by atomic mass is 10.4. The van der Waals surface area contributed by atoms with E-state index in [0.717, 1.165) is 11.9 Å². The number of hydrogen-bond donors (Lipinski definition) is 3. The van der Waals surface area contributed by atoms with E-state index in [9.17, 15) is 13.2 Å². The number of aromatic amines is 1. The quantitative estimate of drug-likeness (QED) is 0.469. The summed E-state index contributed by atoms with van der Waals surface area (Å²) in [6, 6.07) is 0. The highest BCUT2D eigenvalue weighted by atomic mass is 32.2. The second-order valence-electron chi connectivity index (χ2n) is 3.18. The summed E-state index contributed by atoms with van der Waals surface area (Å²) in [7, 11) is -3.87. The van der Waals surface area contributed by atoms with Gasteiger partial charge < -0.3 is 5.11 Å². The van der Waals surface area contributed by atoms with Crippen molar-refractivity contribution >= 4 is 27.8 Å². The molecule has 9 heteroatoms. The molecule has 0 saturated carbocycles. The normalized spacial score (nSPS) is 11.3. The van der Waals surface area contributed by atoms with Crippen LogP contribution in [0.2, 0.25) is 0 Å². The van der Waals surface area contributed by atoms with Crippen LogP contribution in [0.5, 0.6) is 0 Å². The Labute approximate surface area is 109 Å². The molecular formula is C9H13N3O4S2. The molecular weight excluding hydrogens is 278 g/mol.